The van der Waals surface area contributed by atoms with Crippen LogP contribution < -0.4 is 0 Å². The van der Waals surface area contributed by atoms with E-state index in [9.17, 15) is 14.4 Å². The van der Waals surface area contributed by atoms with E-state index in [2.05, 4.69) is 112 Å². The van der Waals surface area contributed by atoms with Crippen molar-refractivity contribution in [3.05, 3.63) is 146 Å². The first-order valence-corrected chi connectivity index (χ1v) is 24.4. The average Bonchev–Trinajstić information content (AvgIpc) is 3.28. The Kier molecular flexibility index (Phi) is 46.2. The number of unbranched alkanes of at least 4 members (excludes halogenated alkanes) is 12. The maximum Gasteiger partial charge on any atom is 0.306 e. The fraction of sp³-hybridized carbons (Fsp3) is 0.526. The zero-order valence-electron chi connectivity index (χ0n) is 39.8. The molecule has 1 unspecified atom stereocenters. The number of carbonyl (C=O) groups excluding carboxylic acids is 3. The van der Waals surface area contributed by atoms with Crippen LogP contribution in [0.3, 0.4) is 0 Å². The molecule has 0 aliphatic heterocycles. The van der Waals surface area contributed by atoms with Crippen LogP contribution in [0.15, 0.2) is 146 Å². The van der Waals surface area contributed by atoms with Crippen LogP contribution in [0.4, 0.5) is 0 Å². The molecule has 0 amide bonds. The summed E-state index contributed by atoms with van der Waals surface area (Å²) in [5.41, 5.74) is 0. The van der Waals surface area contributed by atoms with Crippen molar-refractivity contribution in [1.29, 1.82) is 0 Å². The molecule has 0 aliphatic rings. The van der Waals surface area contributed by atoms with E-state index < -0.39 is 6.10 Å². The van der Waals surface area contributed by atoms with Crippen LogP contribution in [0.25, 0.3) is 0 Å². The van der Waals surface area contributed by atoms with E-state index in [1.807, 2.05) is 54.7 Å². The second-order valence-corrected chi connectivity index (χ2v) is 15.4. The highest BCUT2D eigenvalue weighted by Crippen LogP contribution is 2.11. The normalized spacial score (nSPS) is 13.4. The number of rotatable bonds is 41. The van der Waals surface area contributed by atoms with Gasteiger partial charge in [-0.25, -0.2) is 0 Å². The maximum atomic E-state index is 12.8. The SMILES string of the molecule is CC/C=C/C=C/C=C/C=C/C=C/CCCCCC(=O)OC(COC(=O)CCC/C=C/C/C=C/C/C=C/C/C=C/CCCCC)COC(=O)CCCCCCC/C=C/C=C/C=C/CC. The third-order valence-corrected chi connectivity index (χ3v) is 9.50. The highest BCUT2D eigenvalue weighted by Gasteiger charge is 2.19. The molecule has 0 radical (unpaired) electrons. The summed E-state index contributed by atoms with van der Waals surface area (Å²) in [5.74, 6) is -1.06. The maximum absolute atomic E-state index is 12.8. The van der Waals surface area contributed by atoms with E-state index in [0.29, 0.717) is 19.3 Å². The van der Waals surface area contributed by atoms with Gasteiger partial charge in [-0.2, -0.15) is 0 Å². The van der Waals surface area contributed by atoms with Crippen molar-refractivity contribution in [2.24, 2.45) is 0 Å². The Morgan fingerprint density at radius 3 is 1.19 bits per heavy atom. The lowest BCUT2D eigenvalue weighted by Gasteiger charge is -2.18. The Labute approximate surface area is 385 Å². The van der Waals surface area contributed by atoms with E-state index in [1.54, 1.807) is 0 Å². The zero-order chi connectivity index (χ0) is 45.8. The average molecular weight is 867 g/mol. The summed E-state index contributed by atoms with van der Waals surface area (Å²) in [5, 5.41) is 0. The van der Waals surface area contributed by atoms with Crippen LogP contribution >= 0.6 is 0 Å². The number of esters is 3. The summed E-state index contributed by atoms with van der Waals surface area (Å²) in [7, 11) is 0. The third kappa shape index (κ3) is 48.2. The minimum Gasteiger partial charge on any atom is -0.462 e. The van der Waals surface area contributed by atoms with Gasteiger partial charge < -0.3 is 14.2 Å². The number of allylic oxidation sites excluding steroid dienone is 24. The molecule has 0 aromatic carbocycles. The second kappa shape index (κ2) is 49.9. The van der Waals surface area contributed by atoms with Gasteiger partial charge in [0.05, 0.1) is 0 Å². The Hall–Kier alpha value is -4.71. The molecule has 1 atom stereocenters. The Bertz CT molecular complexity index is 1460. The first-order chi connectivity index (χ1) is 31.0. The van der Waals surface area contributed by atoms with Gasteiger partial charge in [0.25, 0.3) is 0 Å². The fourth-order valence-electron chi connectivity index (χ4n) is 5.86. The lowest BCUT2D eigenvalue weighted by Crippen LogP contribution is -2.30. The van der Waals surface area contributed by atoms with Crippen molar-refractivity contribution < 1.29 is 28.6 Å². The van der Waals surface area contributed by atoms with Crippen LogP contribution in [0.2, 0.25) is 0 Å². The Morgan fingerprint density at radius 1 is 0.349 bits per heavy atom. The highest BCUT2D eigenvalue weighted by atomic mass is 16.6. The number of carbonyl (C=O) groups is 3. The van der Waals surface area contributed by atoms with Crippen molar-refractivity contribution in [3.8, 4) is 0 Å². The van der Waals surface area contributed by atoms with Crippen LogP contribution in [-0.4, -0.2) is 37.2 Å². The van der Waals surface area contributed by atoms with Crippen molar-refractivity contribution in [2.75, 3.05) is 13.2 Å². The summed E-state index contributed by atoms with van der Waals surface area (Å²) in [4.78, 5) is 37.9. The van der Waals surface area contributed by atoms with Crippen molar-refractivity contribution >= 4 is 17.9 Å². The van der Waals surface area contributed by atoms with E-state index >= 15 is 0 Å². The molecule has 0 aromatic rings. The lowest BCUT2D eigenvalue weighted by molar-refractivity contribution is -0.167. The third-order valence-electron chi connectivity index (χ3n) is 9.50. The molecule has 0 spiro atoms. The van der Waals surface area contributed by atoms with Gasteiger partial charge >= 0.3 is 17.9 Å². The van der Waals surface area contributed by atoms with E-state index in [-0.39, 0.29) is 44.0 Å². The minimum atomic E-state index is -0.837. The van der Waals surface area contributed by atoms with Gasteiger partial charge in [-0.15, -0.1) is 0 Å². The predicted molar refractivity (Wildman–Crippen MR) is 269 cm³/mol. The van der Waals surface area contributed by atoms with Gasteiger partial charge in [0.1, 0.15) is 13.2 Å². The Balaban J connectivity index is 4.62. The molecular formula is C57H86O6. The molecule has 0 rings (SSSR count). The quantitative estimate of drug-likeness (QED) is 0.0200. The van der Waals surface area contributed by atoms with Crippen molar-refractivity contribution in [3.63, 3.8) is 0 Å². The van der Waals surface area contributed by atoms with Crippen LogP contribution in [0.5, 0.6) is 0 Å². The van der Waals surface area contributed by atoms with Crippen LogP contribution in [0.1, 0.15) is 175 Å². The molecule has 0 heterocycles. The van der Waals surface area contributed by atoms with Gasteiger partial charge in [-0.3, -0.25) is 14.4 Å². The summed E-state index contributed by atoms with van der Waals surface area (Å²) in [6.07, 6.45) is 71.2. The van der Waals surface area contributed by atoms with Gasteiger partial charge in [0.15, 0.2) is 6.10 Å². The molecule has 6 nitrogen and oxygen atoms in total. The Morgan fingerprint density at radius 2 is 0.698 bits per heavy atom. The second-order valence-electron chi connectivity index (χ2n) is 15.4. The molecular weight excluding hydrogens is 781 g/mol. The monoisotopic (exact) mass is 867 g/mol. The largest absolute Gasteiger partial charge is 0.462 e. The summed E-state index contributed by atoms with van der Waals surface area (Å²) in [6, 6.07) is 0. The van der Waals surface area contributed by atoms with Gasteiger partial charge in [0, 0.05) is 19.3 Å². The smallest absolute Gasteiger partial charge is 0.306 e. The molecule has 0 aliphatic carbocycles. The summed E-state index contributed by atoms with van der Waals surface area (Å²) < 4.78 is 16.7. The standard InChI is InChI=1S/C57H86O6/c1-4-7-10-13-16-19-22-25-27-28-30-32-35-38-41-44-47-50-56(59)62-53-54(52-61-55(58)49-46-43-40-37-34-31-24-21-18-15-12-9-6-3)63-57(60)51-48-45-42-39-36-33-29-26-23-20-17-14-11-8-5-2/h8-9,11-12,14-21,23-27,29-30,32-33,36,38,41,54H,4-7,10,13,22,28,31,34-35,37,39-40,42-53H2,1-3H3/b11-8+,12-9+,17-14+,18-15+,19-16+,23-20+,24-21+,27-25+,29-26+,32-30+,36-33+,41-38+. The van der Waals surface area contributed by atoms with Crippen LogP contribution in [-0.2, 0) is 28.6 Å². The highest BCUT2D eigenvalue weighted by molar-refractivity contribution is 5.71. The fourth-order valence-corrected chi connectivity index (χ4v) is 5.86. The van der Waals surface area contributed by atoms with E-state index in [0.717, 1.165) is 96.3 Å². The molecule has 6 heteroatoms. The summed E-state index contributed by atoms with van der Waals surface area (Å²) in [6.45, 7) is 6.19. The van der Waals surface area contributed by atoms with Crippen molar-refractivity contribution in [2.45, 2.75) is 181 Å². The number of hydrogen-bond donors (Lipinski definition) is 0. The van der Waals surface area contributed by atoms with E-state index in [1.165, 1.54) is 25.7 Å². The van der Waals surface area contributed by atoms with E-state index in [4.69, 9.17) is 14.2 Å². The molecule has 0 N–H and O–H groups in total. The van der Waals surface area contributed by atoms with Crippen molar-refractivity contribution in [1.82, 2.24) is 0 Å². The first-order valence-electron chi connectivity index (χ1n) is 24.4. The topological polar surface area (TPSA) is 78.9 Å². The zero-order valence-corrected chi connectivity index (χ0v) is 39.8. The molecule has 0 bridgehead atoms. The number of ether oxygens (including phenoxy) is 3. The molecule has 0 fully saturated rings. The molecule has 0 aromatic heterocycles. The lowest BCUT2D eigenvalue weighted by atomic mass is 10.1. The molecule has 63 heavy (non-hydrogen) atoms. The number of hydrogen-bond acceptors (Lipinski definition) is 6. The minimum absolute atomic E-state index is 0.130. The predicted octanol–water partition coefficient (Wildman–Crippen LogP) is 16.1. The summed E-state index contributed by atoms with van der Waals surface area (Å²) >= 11 is 0. The van der Waals surface area contributed by atoms with Gasteiger partial charge in [-0.1, -0.05) is 205 Å². The van der Waals surface area contributed by atoms with Gasteiger partial charge in [-0.05, 0) is 96.3 Å². The first kappa shape index (κ1) is 58.3. The molecule has 0 saturated heterocycles. The van der Waals surface area contributed by atoms with Gasteiger partial charge in [0.2, 0.25) is 0 Å². The molecule has 350 valence electrons. The molecule has 0 saturated carbocycles. The van der Waals surface area contributed by atoms with Crippen LogP contribution in [0, 0.1) is 0 Å².